The lowest BCUT2D eigenvalue weighted by molar-refractivity contribution is -0.118. The highest BCUT2D eigenvalue weighted by atomic mass is 19.1. The molecule has 2 aromatic carbocycles. The predicted molar refractivity (Wildman–Crippen MR) is 77.2 cm³/mol. The number of aryl methyl sites for hydroxylation is 1. The van der Waals surface area contributed by atoms with Crippen LogP contribution in [0.15, 0.2) is 48.5 Å². The van der Waals surface area contributed by atoms with Crippen molar-refractivity contribution in [2.24, 2.45) is 0 Å². The zero-order chi connectivity index (χ0) is 13.9. The Morgan fingerprint density at radius 2 is 1.85 bits per heavy atom. The van der Waals surface area contributed by atoms with E-state index in [0.29, 0.717) is 12.8 Å². The molecule has 1 amide bonds. The summed E-state index contributed by atoms with van der Waals surface area (Å²) in [6.45, 7) is 0.765. The highest BCUT2D eigenvalue weighted by molar-refractivity contribution is 5.95. The van der Waals surface area contributed by atoms with Crippen molar-refractivity contribution in [2.45, 2.75) is 19.3 Å². The fourth-order valence-corrected chi connectivity index (χ4v) is 2.63. The molecule has 102 valence electrons. The monoisotopic (exact) mass is 269 g/mol. The molecule has 0 fully saturated rings. The number of halogens is 1. The van der Waals surface area contributed by atoms with Gasteiger partial charge in [-0.05, 0) is 42.2 Å². The maximum Gasteiger partial charge on any atom is 0.227 e. The molecule has 1 aliphatic rings. The standard InChI is InChI=1S/C17H16FNO/c18-15-8-5-13(6-9-15)7-10-17(20)19-12-11-14-3-1-2-4-16(14)19/h1-6,8-9H,7,10-12H2. The summed E-state index contributed by atoms with van der Waals surface area (Å²) in [5, 5.41) is 0. The molecule has 0 aromatic heterocycles. The average molecular weight is 269 g/mol. The van der Waals surface area contributed by atoms with Gasteiger partial charge in [-0.2, -0.15) is 0 Å². The Bertz CT molecular complexity index is 621. The third-order valence-corrected chi connectivity index (χ3v) is 3.73. The number of para-hydroxylation sites is 1. The van der Waals surface area contributed by atoms with Crippen LogP contribution in [-0.2, 0) is 17.6 Å². The van der Waals surface area contributed by atoms with Gasteiger partial charge in [0.1, 0.15) is 5.82 Å². The molecule has 0 atom stereocenters. The van der Waals surface area contributed by atoms with Crippen molar-refractivity contribution in [1.82, 2.24) is 0 Å². The number of hydrogen-bond donors (Lipinski definition) is 0. The first-order valence-corrected chi connectivity index (χ1v) is 6.87. The second kappa shape index (κ2) is 5.45. The molecular formula is C17H16FNO. The van der Waals surface area contributed by atoms with Gasteiger partial charge in [-0.15, -0.1) is 0 Å². The van der Waals surface area contributed by atoms with Crippen molar-refractivity contribution in [2.75, 3.05) is 11.4 Å². The molecule has 3 heteroatoms. The Morgan fingerprint density at radius 1 is 1.10 bits per heavy atom. The molecule has 20 heavy (non-hydrogen) atoms. The first-order chi connectivity index (χ1) is 9.74. The van der Waals surface area contributed by atoms with Crippen molar-refractivity contribution < 1.29 is 9.18 Å². The number of hydrogen-bond acceptors (Lipinski definition) is 1. The maximum atomic E-state index is 12.8. The Labute approximate surface area is 117 Å². The zero-order valence-corrected chi connectivity index (χ0v) is 11.2. The van der Waals surface area contributed by atoms with E-state index in [2.05, 4.69) is 6.07 Å². The molecule has 3 rings (SSSR count). The molecule has 0 bridgehead atoms. The van der Waals surface area contributed by atoms with E-state index in [1.165, 1.54) is 17.7 Å². The van der Waals surface area contributed by atoms with E-state index in [1.807, 2.05) is 23.1 Å². The zero-order valence-electron chi connectivity index (χ0n) is 11.2. The van der Waals surface area contributed by atoms with Crippen LogP contribution in [-0.4, -0.2) is 12.5 Å². The summed E-state index contributed by atoms with van der Waals surface area (Å²) in [5.74, 6) is -0.104. The second-order valence-corrected chi connectivity index (χ2v) is 5.05. The van der Waals surface area contributed by atoms with E-state index < -0.39 is 0 Å². The SMILES string of the molecule is O=C(CCc1ccc(F)cc1)N1CCc2ccccc21. The van der Waals surface area contributed by atoms with E-state index in [0.717, 1.165) is 24.2 Å². The van der Waals surface area contributed by atoms with E-state index in [-0.39, 0.29) is 11.7 Å². The van der Waals surface area contributed by atoms with E-state index in [1.54, 1.807) is 12.1 Å². The highest BCUT2D eigenvalue weighted by Crippen LogP contribution is 2.28. The summed E-state index contributed by atoms with van der Waals surface area (Å²) in [6.07, 6.45) is 2.04. The van der Waals surface area contributed by atoms with Crippen LogP contribution in [0.25, 0.3) is 0 Å². The van der Waals surface area contributed by atoms with Gasteiger partial charge in [0.2, 0.25) is 5.91 Å². The topological polar surface area (TPSA) is 20.3 Å². The van der Waals surface area contributed by atoms with Gasteiger partial charge in [-0.25, -0.2) is 4.39 Å². The summed E-state index contributed by atoms with van der Waals surface area (Å²) < 4.78 is 12.8. The summed E-state index contributed by atoms with van der Waals surface area (Å²) in [7, 11) is 0. The Morgan fingerprint density at radius 3 is 2.65 bits per heavy atom. The first-order valence-electron chi connectivity index (χ1n) is 6.87. The van der Waals surface area contributed by atoms with Crippen LogP contribution in [0.3, 0.4) is 0 Å². The van der Waals surface area contributed by atoms with Gasteiger partial charge in [-0.3, -0.25) is 4.79 Å². The van der Waals surface area contributed by atoms with Gasteiger partial charge in [0.05, 0.1) is 0 Å². The van der Waals surface area contributed by atoms with Crippen molar-refractivity contribution >= 4 is 11.6 Å². The normalized spacial score (nSPS) is 13.3. The fourth-order valence-electron chi connectivity index (χ4n) is 2.63. The maximum absolute atomic E-state index is 12.8. The number of amides is 1. The van der Waals surface area contributed by atoms with Gasteiger partial charge >= 0.3 is 0 Å². The minimum Gasteiger partial charge on any atom is -0.312 e. The van der Waals surface area contributed by atoms with Gasteiger partial charge in [0.15, 0.2) is 0 Å². The quantitative estimate of drug-likeness (QED) is 0.836. The first kappa shape index (κ1) is 12.9. The number of nitrogens with zero attached hydrogens (tertiary/aromatic N) is 1. The Balaban J connectivity index is 1.65. The number of rotatable bonds is 3. The van der Waals surface area contributed by atoms with Crippen LogP contribution in [0.4, 0.5) is 10.1 Å². The summed E-state index contributed by atoms with van der Waals surface area (Å²) >= 11 is 0. The minimum absolute atomic E-state index is 0.138. The number of fused-ring (bicyclic) bond motifs is 1. The third kappa shape index (κ3) is 2.57. The number of carbonyl (C=O) groups is 1. The van der Waals surface area contributed by atoms with Crippen LogP contribution in [0.5, 0.6) is 0 Å². The molecule has 0 spiro atoms. The van der Waals surface area contributed by atoms with Crippen LogP contribution in [0, 0.1) is 5.82 Å². The van der Waals surface area contributed by atoms with E-state index >= 15 is 0 Å². The summed E-state index contributed by atoms with van der Waals surface area (Å²) in [4.78, 5) is 14.2. The molecule has 0 radical (unpaired) electrons. The lowest BCUT2D eigenvalue weighted by Gasteiger charge is -2.17. The van der Waals surface area contributed by atoms with Gasteiger partial charge in [0, 0.05) is 18.7 Å². The fraction of sp³-hybridized carbons (Fsp3) is 0.235. The third-order valence-electron chi connectivity index (χ3n) is 3.73. The van der Waals surface area contributed by atoms with Crippen molar-refractivity contribution in [1.29, 1.82) is 0 Å². The lowest BCUT2D eigenvalue weighted by atomic mass is 10.1. The second-order valence-electron chi connectivity index (χ2n) is 5.05. The van der Waals surface area contributed by atoms with Crippen molar-refractivity contribution in [3.63, 3.8) is 0 Å². The lowest BCUT2D eigenvalue weighted by Crippen LogP contribution is -2.29. The van der Waals surface area contributed by atoms with E-state index in [9.17, 15) is 9.18 Å². The van der Waals surface area contributed by atoms with Crippen LogP contribution >= 0.6 is 0 Å². The van der Waals surface area contributed by atoms with Gasteiger partial charge in [-0.1, -0.05) is 30.3 Å². The van der Waals surface area contributed by atoms with Crippen molar-refractivity contribution in [3.05, 3.63) is 65.5 Å². The molecule has 0 N–H and O–H groups in total. The largest absolute Gasteiger partial charge is 0.312 e. The van der Waals surface area contributed by atoms with Gasteiger partial charge in [0.25, 0.3) is 0 Å². The summed E-state index contributed by atoms with van der Waals surface area (Å²) in [5.41, 5.74) is 3.27. The number of carbonyl (C=O) groups excluding carboxylic acids is 1. The smallest absolute Gasteiger partial charge is 0.227 e. The molecule has 0 aliphatic carbocycles. The number of benzene rings is 2. The molecule has 1 heterocycles. The van der Waals surface area contributed by atoms with Crippen LogP contribution in [0.1, 0.15) is 17.5 Å². The molecule has 0 unspecified atom stereocenters. The number of anilines is 1. The molecule has 0 saturated carbocycles. The predicted octanol–water partition coefficient (Wildman–Crippen LogP) is 3.35. The van der Waals surface area contributed by atoms with Crippen LogP contribution in [0.2, 0.25) is 0 Å². The molecular weight excluding hydrogens is 253 g/mol. The molecule has 0 saturated heterocycles. The molecule has 2 aromatic rings. The molecule has 2 nitrogen and oxygen atoms in total. The summed E-state index contributed by atoms with van der Waals surface area (Å²) in [6, 6.07) is 14.4. The van der Waals surface area contributed by atoms with E-state index in [4.69, 9.17) is 0 Å². The highest BCUT2D eigenvalue weighted by Gasteiger charge is 2.23. The average Bonchev–Trinajstić information content (AvgIpc) is 2.90. The molecule has 1 aliphatic heterocycles. The Hall–Kier alpha value is -2.16. The Kier molecular flexibility index (Phi) is 3.50. The minimum atomic E-state index is -0.242. The van der Waals surface area contributed by atoms with Crippen LogP contribution < -0.4 is 4.90 Å². The van der Waals surface area contributed by atoms with Gasteiger partial charge < -0.3 is 4.90 Å². The van der Waals surface area contributed by atoms with Crippen molar-refractivity contribution in [3.8, 4) is 0 Å².